The Morgan fingerprint density at radius 2 is 1.94 bits per heavy atom. The van der Waals surface area contributed by atoms with Gasteiger partial charge in [-0.1, -0.05) is 0 Å². The van der Waals surface area contributed by atoms with E-state index in [1.54, 1.807) is 18.2 Å². The number of nitrogen functional groups attached to an aromatic ring is 1. The molecule has 0 radical (unpaired) electrons. The number of nitrogens with one attached hydrogen (secondary N) is 1. The molecule has 0 spiro atoms. The topological polar surface area (TPSA) is 92.1 Å². The Morgan fingerprint density at radius 1 is 1.22 bits per heavy atom. The Morgan fingerprint density at radius 3 is 2.67 bits per heavy atom. The monoisotopic (exact) mass is 244 g/mol. The molecule has 18 heavy (non-hydrogen) atoms. The van der Waals surface area contributed by atoms with Gasteiger partial charge < -0.3 is 10.7 Å². The second-order valence-electron chi connectivity index (χ2n) is 4.30. The van der Waals surface area contributed by atoms with Crippen LogP contribution in [0.15, 0.2) is 18.2 Å². The summed E-state index contributed by atoms with van der Waals surface area (Å²) in [5.74, 6) is 0.00154. The molecule has 6 heteroatoms. The molecule has 3 N–H and O–H groups in total. The summed E-state index contributed by atoms with van der Waals surface area (Å²) in [7, 11) is 0. The second-order valence-corrected chi connectivity index (χ2v) is 4.30. The van der Waals surface area contributed by atoms with Crippen molar-refractivity contribution in [1.82, 2.24) is 9.97 Å². The number of imide groups is 1. The summed E-state index contributed by atoms with van der Waals surface area (Å²) in [6.07, 6.45) is 1.45. The molecule has 92 valence electrons. The summed E-state index contributed by atoms with van der Waals surface area (Å²) in [4.78, 5) is 31.8. The van der Waals surface area contributed by atoms with Crippen molar-refractivity contribution in [2.24, 2.45) is 0 Å². The van der Waals surface area contributed by atoms with Crippen LogP contribution in [0.25, 0.3) is 11.0 Å². The molecule has 1 aromatic heterocycles. The van der Waals surface area contributed by atoms with Crippen LogP contribution >= 0.6 is 0 Å². The number of H-pyrrole nitrogens is 1. The van der Waals surface area contributed by atoms with Gasteiger partial charge in [0.15, 0.2) is 5.95 Å². The maximum atomic E-state index is 11.8. The number of benzene rings is 1. The van der Waals surface area contributed by atoms with E-state index in [1.807, 2.05) is 0 Å². The Hall–Kier alpha value is -2.37. The van der Waals surface area contributed by atoms with Crippen LogP contribution < -0.4 is 10.6 Å². The minimum Gasteiger partial charge on any atom is -0.369 e. The highest BCUT2D eigenvalue weighted by molar-refractivity contribution is 6.16. The van der Waals surface area contributed by atoms with Gasteiger partial charge in [0.25, 0.3) is 0 Å². The Labute approximate surface area is 103 Å². The molecule has 0 unspecified atom stereocenters. The van der Waals surface area contributed by atoms with Gasteiger partial charge in [0.2, 0.25) is 11.8 Å². The standard InChI is InChI=1S/C12H12N4O2/c13-12-14-8-5-4-7(6-9(8)15-12)16-10(17)2-1-3-11(16)18/h4-6H,1-3H2,(H3,13,14,15). The molecule has 0 aliphatic carbocycles. The summed E-state index contributed by atoms with van der Waals surface area (Å²) < 4.78 is 0. The lowest BCUT2D eigenvalue weighted by Gasteiger charge is -2.24. The number of nitrogens with zero attached hydrogens (tertiary/aromatic N) is 2. The maximum absolute atomic E-state index is 11.8. The van der Waals surface area contributed by atoms with Crippen LogP contribution in [0.4, 0.5) is 11.6 Å². The van der Waals surface area contributed by atoms with Crippen molar-refractivity contribution in [2.45, 2.75) is 19.3 Å². The Kier molecular flexibility index (Phi) is 2.29. The molecular formula is C12H12N4O2. The molecule has 0 atom stereocenters. The van der Waals surface area contributed by atoms with E-state index >= 15 is 0 Å². The first-order valence-corrected chi connectivity index (χ1v) is 5.76. The van der Waals surface area contributed by atoms with Crippen molar-refractivity contribution in [1.29, 1.82) is 0 Å². The molecule has 3 rings (SSSR count). The van der Waals surface area contributed by atoms with Gasteiger partial charge in [-0.25, -0.2) is 4.98 Å². The maximum Gasteiger partial charge on any atom is 0.233 e. The fourth-order valence-electron chi connectivity index (χ4n) is 2.19. The highest BCUT2D eigenvalue weighted by Crippen LogP contribution is 2.25. The van der Waals surface area contributed by atoms with Crippen LogP contribution in [0.1, 0.15) is 19.3 Å². The zero-order chi connectivity index (χ0) is 12.7. The van der Waals surface area contributed by atoms with E-state index in [0.717, 1.165) is 5.52 Å². The Balaban J connectivity index is 2.07. The molecule has 1 saturated heterocycles. The highest BCUT2D eigenvalue weighted by Gasteiger charge is 2.27. The number of aromatic amines is 1. The van der Waals surface area contributed by atoms with Crippen LogP contribution in [0.3, 0.4) is 0 Å². The molecule has 1 aliphatic heterocycles. The van der Waals surface area contributed by atoms with Gasteiger partial charge in [-0.05, 0) is 24.6 Å². The van der Waals surface area contributed by atoms with Crippen molar-refractivity contribution in [3.05, 3.63) is 18.2 Å². The van der Waals surface area contributed by atoms with Gasteiger partial charge in [0.05, 0.1) is 16.7 Å². The highest BCUT2D eigenvalue weighted by atomic mass is 16.2. The number of piperidine rings is 1. The van der Waals surface area contributed by atoms with E-state index in [0.29, 0.717) is 36.4 Å². The molecular weight excluding hydrogens is 232 g/mol. The van der Waals surface area contributed by atoms with Crippen LogP contribution in [-0.2, 0) is 9.59 Å². The molecule has 6 nitrogen and oxygen atoms in total. The fourth-order valence-corrected chi connectivity index (χ4v) is 2.19. The molecule has 1 aromatic carbocycles. The number of anilines is 2. The number of hydrogen-bond donors (Lipinski definition) is 2. The second kappa shape index (κ2) is 3.83. The van der Waals surface area contributed by atoms with Crippen molar-refractivity contribution >= 4 is 34.5 Å². The van der Waals surface area contributed by atoms with Crippen LogP contribution in [0.5, 0.6) is 0 Å². The third-order valence-corrected chi connectivity index (χ3v) is 3.02. The number of fused-ring (bicyclic) bond motifs is 1. The van der Waals surface area contributed by atoms with E-state index in [4.69, 9.17) is 5.73 Å². The number of carbonyl (C=O) groups is 2. The lowest BCUT2D eigenvalue weighted by atomic mass is 10.1. The van der Waals surface area contributed by atoms with Gasteiger partial charge in [-0.2, -0.15) is 0 Å². The molecule has 0 bridgehead atoms. The molecule has 1 aliphatic rings. The first-order chi connectivity index (χ1) is 8.65. The summed E-state index contributed by atoms with van der Waals surface area (Å²) in [6, 6.07) is 5.19. The normalized spacial score (nSPS) is 16.6. The molecule has 2 heterocycles. The van der Waals surface area contributed by atoms with E-state index in [-0.39, 0.29) is 11.8 Å². The lowest BCUT2D eigenvalue weighted by molar-refractivity contribution is -0.129. The summed E-state index contributed by atoms with van der Waals surface area (Å²) >= 11 is 0. The van der Waals surface area contributed by atoms with Gasteiger partial charge in [0.1, 0.15) is 0 Å². The third kappa shape index (κ3) is 1.62. The first kappa shape index (κ1) is 10.8. The van der Waals surface area contributed by atoms with Gasteiger partial charge in [-0.3, -0.25) is 14.5 Å². The molecule has 1 fully saturated rings. The van der Waals surface area contributed by atoms with Crippen molar-refractivity contribution in [3.63, 3.8) is 0 Å². The SMILES string of the molecule is Nc1nc2cc(N3C(=O)CCCC3=O)ccc2[nH]1. The van der Waals surface area contributed by atoms with E-state index in [2.05, 4.69) is 9.97 Å². The average molecular weight is 244 g/mol. The minimum atomic E-state index is -0.158. The molecule has 0 saturated carbocycles. The third-order valence-electron chi connectivity index (χ3n) is 3.02. The average Bonchev–Trinajstić information content (AvgIpc) is 2.68. The fraction of sp³-hybridized carbons (Fsp3) is 0.250. The number of nitrogens with two attached hydrogens (primary N) is 1. The Bertz CT molecular complexity index is 631. The molecule has 2 aromatic rings. The van der Waals surface area contributed by atoms with Crippen molar-refractivity contribution in [2.75, 3.05) is 10.6 Å². The zero-order valence-electron chi connectivity index (χ0n) is 9.64. The summed E-state index contributed by atoms with van der Waals surface area (Å²) in [5.41, 5.74) is 7.55. The lowest BCUT2D eigenvalue weighted by Crippen LogP contribution is -2.40. The molecule has 2 amide bonds. The van der Waals surface area contributed by atoms with Crippen molar-refractivity contribution in [3.8, 4) is 0 Å². The minimum absolute atomic E-state index is 0.158. The van der Waals surface area contributed by atoms with Crippen LogP contribution in [0.2, 0.25) is 0 Å². The summed E-state index contributed by atoms with van der Waals surface area (Å²) in [5, 5.41) is 0. The van der Waals surface area contributed by atoms with Gasteiger partial charge in [-0.15, -0.1) is 0 Å². The smallest absolute Gasteiger partial charge is 0.233 e. The first-order valence-electron chi connectivity index (χ1n) is 5.76. The number of rotatable bonds is 1. The van der Waals surface area contributed by atoms with E-state index < -0.39 is 0 Å². The predicted octanol–water partition coefficient (Wildman–Crippen LogP) is 1.19. The number of hydrogen-bond acceptors (Lipinski definition) is 4. The van der Waals surface area contributed by atoms with Gasteiger partial charge >= 0.3 is 0 Å². The quantitative estimate of drug-likeness (QED) is 0.737. The van der Waals surface area contributed by atoms with Crippen LogP contribution in [-0.4, -0.2) is 21.8 Å². The number of imidazole rings is 1. The predicted molar refractivity (Wildman–Crippen MR) is 66.9 cm³/mol. The largest absolute Gasteiger partial charge is 0.369 e. The van der Waals surface area contributed by atoms with Crippen LogP contribution in [0, 0.1) is 0 Å². The van der Waals surface area contributed by atoms with Crippen molar-refractivity contribution < 1.29 is 9.59 Å². The number of amides is 2. The van der Waals surface area contributed by atoms with E-state index in [1.165, 1.54) is 4.90 Å². The zero-order valence-corrected chi connectivity index (χ0v) is 9.64. The number of aromatic nitrogens is 2. The summed E-state index contributed by atoms with van der Waals surface area (Å²) in [6.45, 7) is 0. The number of carbonyl (C=O) groups excluding carboxylic acids is 2. The van der Waals surface area contributed by atoms with Gasteiger partial charge in [0, 0.05) is 12.8 Å². The van der Waals surface area contributed by atoms with E-state index in [9.17, 15) is 9.59 Å².